The SMILES string of the molecule is CC1=C(C)C(=O)N(C23CC(C2)C(=O)NC3=O)C1. The summed E-state index contributed by atoms with van der Waals surface area (Å²) < 4.78 is 0. The monoisotopic (exact) mass is 234 g/mol. The van der Waals surface area contributed by atoms with Crippen LogP contribution in [0.1, 0.15) is 26.7 Å². The van der Waals surface area contributed by atoms with Gasteiger partial charge in [-0.1, -0.05) is 0 Å². The van der Waals surface area contributed by atoms with Crippen LogP contribution in [0.2, 0.25) is 0 Å². The second-order valence-corrected chi connectivity index (χ2v) is 5.25. The summed E-state index contributed by atoms with van der Waals surface area (Å²) in [6, 6.07) is 0. The lowest BCUT2D eigenvalue weighted by atomic mass is 9.63. The molecule has 3 fully saturated rings. The van der Waals surface area contributed by atoms with Crippen LogP contribution in [-0.4, -0.2) is 34.7 Å². The first-order chi connectivity index (χ1) is 7.95. The summed E-state index contributed by atoms with van der Waals surface area (Å²) >= 11 is 0. The fourth-order valence-electron chi connectivity index (χ4n) is 2.96. The Bertz CT molecular complexity index is 486. The third-order valence-corrected chi connectivity index (χ3v) is 4.32. The summed E-state index contributed by atoms with van der Waals surface area (Å²) in [6.07, 6.45) is 0.980. The van der Waals surface area contributed by atoms with Crippen LogP contribution in [0.5, 0.6) is 0 Å². The van der Waals surface area contributed by atoms with Gasteiger partial charge in [-0.2, -0.15) is 0 Å². The summed E-state index contributed by atoms with van der Waals surface area (Å²) in [5, 5.41) is 2.36. The molecule has 5 heteroatoms. The first-order valence-electron chi connectivity index (χ1n) is 5.79. The normalized spacial score (nSPS) is 36.2. The van der Waals surface area contributed by atoms with Gasteiger partial charge in [-0.25, -0.2) is 0 Å². The second-order valence-electron chi connectivity index (χ2n) is 5.25. The van der Waals surface area contributed by atoms with Gasteiger partial charge in [-0.05, 0) is 32.3 Å². The summed E-state index contributed by atoms with van der Waals surface area (Å²) in [4.78, 5) is 37.0. The maximum absolute atomic E-state index is 12.1. The van der Waals surface area contributed by atoms with Crippen LogP contribution in [0, 0.1) is 5.92 Å². The zero-order valence-electron chi connectivity index (χ0n) is 9.87. The van der Waals surface area contributed by atoms with Crippen molar-refractivity contribution in [3.05, 3.63) is 11.1 Å². The minimum atomic E-state index is -0.755. The third-order valence-electron chi connectivity index (χ3n) is 4.32. The van der Waals surface area contributed by atoms with Gasteiger partial charge < -0.3 is 4.90 Å². The molecule has 0 unspecified atom stereocenters. The molecule has 4 aliphatic rings. The Kier molecular flexibility index (Phi) is 1.83. The van der Waals surface area contributed by atoms with Gasteiger partial charge in [0.05, 0.1) is 0 Å². The molecule has 17 heavy (non-hydrogen) atoms. The van der Waals surface area contributed by atoms with Crippen LogP contribution in [0.25, 0.3) is 0 Å². The molecule has 1 saturated carbocycles. The molecule has 2 bridgehead atoms. The zero-order valence-corrected chi connectivity index (χ0v) is 9.87. The summed E-state index contributed by atoms with van der Waals surface area (Å²) in [6.45, 7) is 4.21. The largest absolute Gasteiger partial charge is 0.320 e. The second kappa shape index (κ2) is 2.97. The number of rotatable bonds is 1. The first-order valence-corrected chi connectivity index (χ1v) is 5.79. The average molecular weight is 234 g/mol. The van der Waals surface area contributed by atoms with E-state index in [-0.39, 0.29) is 23.6 Å². The Morgan fingerprint density at radius 2 is 1.88 bits per heavy atom. The average Bonchev–Trinajstić information content (AvgIpc) is 2.44. The van der Waals surface area contributed by atoms with E-state index in [0.29, 0.717) is 19.4 Å². The Hall–Kier alpha value is -1.65. The van der Waals surface area contributed by atoms with Crippen LogP contribution < -0.4 is 5.32 Å². The van der Waals surface area contributed by atoms with Gasteiger partial charge >= 0.3 is 0 Å². The number of hydrogen-bond acceptors (Lipinski definition) is 3. The molecule has 3 amide bonds. The molecular weight excluding hydrogens is 220 g/mol. The zero-order chi connectivity index (χ0) is 12.4. The molecular formula is C12H14N2O3. The van der Waals surface area contributed by atoms with E-state index in [2.05, 4.69) is 5.32 Å². The molecule has 0 aromatic carbocycles. The van der Waals surface area contributed by atoms with Crippen LogP contribution in [0.4, 0.5) is 0 Å². The van der Waals surface area contributed by atoms with Gasteiger partial charge in [0, 0.05) is 18.0 Å². The Balaban J connectivity index is 1.91. The van der Waals surface area contributed by atoms with Crippen molar-refractivity contribution < 1.29 is 14.4 Å². The molecule has 0 aromatic heterocycles. The van der Waals surface area contributed by atoms with Crippen LogP contribution >= 0.6 is 0 Å². The molecule has 5 nitrogen and oxygen atoms in total. The van der Waals surface area contributed by atoms with E-state index in [0.717, 1.165) is 11.1 Å². The van der Waals surface area contributed by atoms with Crippen molar-refractivity contribution in [1.29, 1.82) is 0 Å². The summed E-state index contributed by atoms with van der Waals surface area (Å²) in [5.41, 5.74) is 0.986. The van der Waals surface area contributed by atoms with Crippen molar-refractivity contribution in [1.82, 2.24) is 10.2 Å². The lowest BCUT2D eigenvalue weighted by molar-refractivity contribution is -0.167. The number of imide groups is 1. The molecule has 3 heterocycles. The Morgan fingerprint density at radius 3 is 2.35 bits per heavy atom. The highest BCUT2D eigenvalue weighted by atomic mass is 16.2. The van der Waals surface area contributed by atoms with Crippen molar-refractivity contribution in [2.75, 3.05) is 6.54 Å². The van der Waals surface area contributed by atoms with Crippen molar-refractivity contribution >= 4 is 17.7 Å². The van der Waals surface area contributed by atoms with E-state index in [1.54, 1.807) is 11.8 Å². The van der Waals surface area contributed by atoms with Crippen LogP contribution in [-0.2, 0) is 14.4 Å². The maximum atomic E-state index is 12.1. The highest BCUT2D eigenvalue weighted by Crippen LogP contribution is 2.47. The highest BCUT2D eigenvalue weighted by Gasteiger charge is 2.62. The van der Waals surface area contributed by atoms with Gasteiger partial charge in [0.1, 0.15) is 5.54 Å². The van der Waals surface area contributed by atoms with Gasteiger partial charge in [0.25, 0.3) is 11.8 Å². The minimum Gasteiger partial charge on any atom is -0.320 e. The van der Waals surface area contributed by atoms with Crippen molar-refractivity contribution in [2.45, 2.75) is 32.2 Å². The summed E-state index contributed by atoms with van der Waals surface area (Å²) in [7, 11) is 0. The smallest absolute Gasteiger partial charge is 0.252 e. The number of nitrogens with zero attached hydrogens (tertiary/aromatic N) is 1. The molecule has 0 aromatic rings. The Morgan fingerprint density at radius 1 is 1.24 bits per heavy atom. The molecule has 2 saturated heterocycles. The van der Waals surface area contributed by atoms with Crippen molar-refractivity contribution in [3.63, 3.8) is 0 Å². The van der Waals surface area contributed by atoms with E-state index in [1.165, 1.54) is 0 Å². The van der Waals surface area contributed by atoms with E-state index >= 15 is 0 Å². The fraction of sp³-hybridized carbons (Fsp3) is 0.583. The number of carbonyl (C=O) groups excluding carboxylic acids is 3. The fourth-order valence-corrected chi connectivity index (χ4v) is 2.96. The van der Waals surface area contributed by atoms with Crippen molar-refractivity contribution in [3.8, 4) is 0 Å². The minimum absolute atomic E-state index is 0.0644. The molecule has 4 rings (SSSR count). The molecule has 0 spiro atoms. The molecule has 3 aliphatic heterocycles. The van der Waals surface area contributed by atoms with E-state index < -0.39 is 5.54 Å². The highest BCUT2D eigenvalue weighted by molar-refractivity contribution is 6.10. The van der Waals surface area contributed by atoms with E-state index in [1.807, 2.05) is 6.92 Å². The number of piperidine rings is 2. The predicted molar refractivity (Wildman–Crippen MR) is 58.7 cm³/mol. The number of carbonyl (C=O) groups is 3. The van der Waals surface area contributed by atoms with E-state index in [9.17, 15) is 14.4 Å². The third kappa shape index (κ3) is 1.11. The van der Waals surface area contributed by atoms with Crippen LogP contribution in [0.3, 0.4) is 0 Å². The lowest BCUT2D eigenvalue weighted by Gasteiger charge is -2.54. The van der Waals surface area contributed by atoms with Gasteiger partial charge in [0.15, 0.2) is 0 Å². The predicted octanol–water partition coefficient (Wildman–Crippen LogP) is -0.0298. The molecule has 0 radical (unpaired) electrons. The Labute approximate surface area is 98.8 Å². The summed E-state index contributed by atoms with van der Waals surface area (Å²) in [5.74, 6) is -0.655. The maximum Gasteiger partial charge on any atom is 0.252 e. The van der Waals surface area contributed by atoms with Crippen LogP contribution in [0.15, 0.2) is 11.1 Å². The topological polar surface area (TPSA) is 66.5 Å². The quantitative estimate of drug-likeness (QED) is 0.648. The van der Waals surface area contributed by atoms with E-state index in [4.69, 9.17) is 0 Å². The first kappa shape index (κ1) is 10.5. The number of hydrogen-bond donors (Lipinski definition) is 1. The number of nitrogens with one attached hydrogen (secondary N) is 1. The molecule has 90 valence electrons. The number of fused-ring (bicyclic) bond motifs is 2. The van der Waals surface area contributed by atoms with Gasteiger partial charge in [0.2, 0.25) is 5.91 Å². The van der Waals surface area contributed by atoms with Gasteiger partial charge in [-0.15, -0.1) is 0 Å². The standard InChI is InChI=1S/C12H14N2O3/c1-6-5-14(10(16)7(6)2)12-3-8(4-12)9(15)13-11(12)17/h8H,3-5H2,1-2H3,(H,13,15,17). The van der Waals surface area contributed by atoms with Crippen molar-refractivity contribution in [2.24, 2.45) is 5.92 Å². The number of amides is 3. The molecule has 1 aliphatic carbocycles. The molecule has 1 N–H and O–H groups in total. The molecule has 0 atom stereocenters. The van der Waals surface area contributed by atoms with Gasteiger partial charge in [-0.3, -0.25) is 19.7 Å². The lowest BCUT2D eigenvalue weighted by Crippen LogP contribution is -2.73.